The predicted molar refractivity (Wildman–Crippen MR) is 105 cm³/mol. The van der Waals surface area contributed by atoms with Crippen molar-refractivity contribution in [3.63, 3.8) is 0 Å². The van der Waals surface area contributed by atoms with Crippen LogP contribution in [0.1, 0.15) is 32.6 Å². The van der Waals surface area contributed by atoms with Crippen LogP contribution < -0.4 is 5.32 Å². The van der Waals surface area contributed by atoms with Gasteiger partial charge in [-0.15, -0.1) is 5.10 Å². The van der Waals surface area contributed by atoms with E-state index in [9.17, 15) is 4.79 Å². The number of nitrogens with one attached hydrogen (secondary N) is 2. The molecular formula is C19H21ClN6O2. The van der Waals surface area contributed by atoms with Gasteiger partial charge >= 0.3 is 6.01 Å². The molecule has 5 rings (SSSR count). The zero-order valence-electron chi connectivity index (χ0n) is 15.5. The number of aromatic nitrogens is 4. The molecule has 1 aromatic carbocycles. The second-order valence-electron chi connectivity index (χ2n) is 7.84. The molecule has 9 heteroatoms. The fraction of sp³-hybridized carbons (Fsp3) is 0.474. The first-order valence-electron chi connectivity index (χ1n) is 9.56. The first-order valence-corrected chi connectivity index (χ1v) is 9.94. The lowest BCUT2D eigenvalue weighted by atomic mass is 9.93. The average Bonchev–Trinajstić information content (AvgIpc) is 3.10. The second kappa shape index (κ2) is 6.48. The molecule has 2 aromatic heterocycles. The number of hydrogen-bond donors (Lipinski definition) is 2. The summed E-state index contributed by atoms with van der Waals surface area (Å²) in [5.41, 5.74) is 1.83. The predicted octanol–water partition coefficient (Wildman–Crippen LogP) is 3.47. The summed E-state index contributed by atoms with van der Waals surface area (Å²) in [5, 5.41) is 19.5. The van der Waals surface area contributed by atoms with Gasteiger partial charge in [-0.1, -0.05) is 22.8 Å². The molecule has 1 spiro atoms. The number of carbonyl (C=O) groups excluding carboxylic acids is 1. The molecule has 3 heterocycles. The number of benzene rings is 1. The number of hydrogen-bond acceptors (Lipinski definition) is 6. The molecular weight excluding hydrogens is 380 g/mol. The van der Waals surface area contributed by atoms with Gasteiger partial charge in [0.2, 0.25) is 5.91 Å². The number of H-pyrrole nitrogens is 1. The number of nitrogens with zero attached hydrogens (tertiary/aromatic N) is 4. The van der Waals surface area contributed by atoms with Crippen molar-refractivity contribution in [3.8, 4) is 11.6 Å². The maximum Gasteiger partial charge on any atom is 0.316 e. The number of rotatable bonds is 4. The maximum atomic E-state index is 12.7. The Morgan fingerprint density at radius 1 is 1.29 bits per heavy atom. The molecule has 1 saturated heterocycles. The highest BCUT2D eigenvalue weighted by Crippen LogP contribution is 2.53. The van der Waals surface area contributed by atoms with Gasteiger partial charge in [0.15, 0.2) is 0 Å². The summed E-state index contributed by atoms with van der Waals surface area (Å²) in [6, 6.07) is 5.21. The summed E-state index contributed by atoms with van der Waals surface area (Å²) in [6.07, 6.45) is 4.87. The Balaban J connectivity index is 1.29. The van der Waals surface area contributed by atoms with E-state index in [2.05, 4.69) is 25.7 Å². The van der Waals surface area contributed by atoms with Crippen LogP contribution in [-0.2, 0) is 4.79 Å². The smallest absolute Gasteiger partial charge is 0.316 e. The van der Waals surface area contributed by atoms with Crippen molar-refractivity contribution in [1.82, 2.24) is 25.3 Å². The lowest BCUT2D eigenvalue weighted by molar-refractivity contribution is -0.133. The number of halogens is 1. The number of amides is 1. The molecule has 1 aliphatic carbocycles. The Hall–Kier alpha value is -2.61. The highest BCUT2D eigenvalue weighted by atomic mass is 35.5. The number of likely N-dealkylation sites (tertiary alicyclic amines) is 1. The van der Waals surface area contributed by atoms with Crippen LogP contribution in [0.4, 0.5) is 6.01 Å². The SMILES string of the molecule is C[C@H](Nc1nnc(-c2[nH]nc3cccc(Cl)c23)o1)C(=O)N1CCC2(CC1)CC2. The number of piperidine rings is 1. The molecule has 1 amide bonds. The van der Waals surface area contributed by atoms with E-state index in [4.69, 9.17) is 16.0 Å². The van der Waals surface area contributed by atoms with Crippen LogP contribution in [0.25, 0.3) is 22.5 Å². The van der Waals surface area contributed by atoms with Crippen molar-refractivity contribution in [2.45, 2.75) is 38.6 Å². The summed E-state index contributed by atoms with van der Waals surface area (Å²) >= 11 is 6.28. The standard InChI is InChI=1S/C19H21ClN6O2/c1-11(17(27)26-9-7-19(5-6-19)8-10-26)21-18-25-24-16(28-18)15-14-12(20)3-2-4-13(14)22-23-15/h2-4,11H,5-10H2,1H3,(H,21,25)(H,22,23)/t11-/m0/s1. The van der Waals surface area contributed by atoms with Crippen LogP contribution in [0, 0.1) is 5.41 Å². The third kappa shape index (κ3) is 3.01. The van der Waals surface area contributed by atoms with Gasteiger partial charge in [0.25, 0.3) is 5.89 Å². The Morgan fingerprint density at radius 2 is 2.07 bits per heavy atom. The molecule has 0 bridgehead atoms. The zero-order valence-corrected chi connectivity index (χ0v) is 16.3. The number of carbonyl (C=O) groups is 1. The molecule has 146 valence electrons. The molecule has 2 N–H and O–H groups in total. The molecule has 28 heavy (non-hydrogen) atoms. The van der Waals surface area contributed by atoms with Gasteiger partial charge in [0, 0.05) is 13.1 Å². The maximum absolute atomic E-state index is 12.7. The van der Waals surface area contributed by atoms with Gasteiger partial charge in [-0.25, -0.2) is 0 Å². The van der Waals surface area contributed by atoms with E-state index in [0.29, 0.717) is 16.1 Å². The van der Waals surface area contributed by atoms with E-state index >= 15 is 0 Å². The van der Waals surface area contributed by atoms with E-state index in [1.54, 1.807) is 6.07 Å². The third-order valence-electron chi connectivity index (χ3n) is 5.97. The number of anilines is 1. The summed E-state index contributed by atoms with van der Waals surface area (Å²) in [7, 11) is 0. The highest BCUT2D eigenvalue weighted by molar-refractivity contribution is 6.36. The molecule has 1 atom stereocenters. The van der Waals surface area contributed by atoms with Crippen LogP contribution in [0.3, 0.4) is 0 Å². The van der Waals surface area contributed by atoms with Crippen molar-refractivity contribution in [1.29, 1.82) is 0 Å². The summed E-state index contributed by atoms with van der Waals surface area (Å²) in [4.78, 5) is 14.7. The third-order valence-corrected chi connectivity index (χ3v) is 6.29. The van der Waals surface area contributed by atoms with Gasteiger partial charge < -0.3 is 14.6 Å². The van der Waals surface area contributed by atoms with E-state index < -0.39 is 6.04 Å². The minimum atomic E-state index is -0.441. The molecule has 3 aromatic rings. The number of aromatic amines is 1. The summed E-state index contributed by atoms with van der Waals surface area (Å²) in [5.74, 6) is 0.330. The van der Waals surface area contributed by atoms with Crippen LogP contribution in [-0.4, -0.2) is 50.3 Å². The summed E-state index contributed by atoms with van der Waals surface area (Å²) in [6.45, 7) is 3.48. The first kappa shape index (κ1) is 17.5. The minimum absolute atomic E-state index is 0.0604. The van der Waals surface area contributed by atoms with Crippen LogP contribution in [0.2, 0.25) is 5.02 Å². The molecule has 8 nitrogen and oxygen atoms in total. The first-order chi connectivity index (χ1) is 13.5. The molecule has 2 fully saturated rings. The lowest BCUT2D eigenvalue weighted by Crippen LogP contribution is -2.45. The molecule has 0 radical (unpaired) electrons. The normalized spacial score (nSPS) is 19.1. The second-order valence-corrected chi connectivity index (χ2v) is 8.24. The van der Waals surface area contributed by atoms with Gasteiger partial charge in [-0.3, -0.25) is 9.89 Å². The van der Waals surface area contributed by atoms with Crippen LogP contribution in [0.5, 0.6) is 0 Å². The minimum Gasteiger partial charge on any atom is -0.402 e. The number of fused-ring (bicyclic) bond motifs is 1. The molecule has 2 aliphatic rings. The van der Waals surface area contributed by atoms with Crippen molar-refractivity contribution in [2.24, 2.45) is 5.41 Å². The fourth-order valence-electron chi connectivity index (χ4n) is 3.96. The highest BCUT2D eigenvalue weighted by Gasteiger charge is 2.45. The van der Waals surface area contributed by atoms with E-state index in [1.807, 2.05) is 24.0 Å². The van der Waals surface area contributed by atoms with E-state index in [0.717, 1.165) is 36.8 Å². The van der Waals surface area contributed by atoms with E-state index in [1.165, 1.54) is 12.8 Å². The fourth-order valence-corrected chi connectivity index (χ4v) is 4.23. The monoisotopic (exact) mass is 400 g/mol. The Bertz CT molecular complexity index is 1030. The molecule has 1 aliphatic heterocycles. The lowest BCUT2D eigenvalue weighted by Gasteiger charge is -2.33. The quantitative estimate of drug-likeness (QED) is 0.695. The largest absolute Gasteiger partial charge is 0.402 e. The Morgan fingerprint density at radius 3 is 2.82 bits per heavy atom. The van der Waals surface area contributed by atoms with Crippen molar-refractivity contribution >= 4 is 34.4 Å². The van der Waals surface area contributed by atoms with Crippen molar-refractivity contribution in [3.05, 3.63) is 23.2 Å². The van der Waals surface area contributed by atoms with Crippen molar-refractivity contribution in [2.75, 3.05) is 18.4 Å². The zero-order chi connectivity index (χ0) is 19.3. The average molecular weight is 401 g/mol. The molecule has 0 unspecified atom stereocenters. The molecule has 1 saturated carbocycles. The van der Waals surface area contributed by atoms with Gasteiger partial charge in [0.05, 0.1) is 15.9 Å². The topological polar surface area (TPSA) is 99.9 Å². The van der Waals surface area contributed by atoms with Crippen LogP contribution >= 0.6 is 11.6 Å². The van der Waals surface area contributed by atoms with Gasteiger partial charge in [-0.2, -0.15) is 5.10 Å². The van der Waals surface area contributed by atoms with Gasteiger partial charge in [0.1, 0.15) is 11.7 Å². The summed E-state index contributed by atoms with van der Waals surface area (Å²) < 4.78 is 5.71. The van der Waals surface area contributed by atoms with Gasteiger partial charge in [-0.05, 0) is 50.2 Å². The van der Waals surface area contributed by atoms with E-state index in [-0.39, 0.29) is 17.8 Å². The Kier molecular flexibility index (Phi) is 4.04. The Labute approximate surface area is 166 Å². The van der Waals surface area contributed by atoms with Crippen LogP contribution in [0.15, 0.2) is 22.6 Å². The van der Waals surface area contributed by atoms with Crippen molar-refractivity contribution < 1.29 is 9.21 Å².